The molecule has 1 unspecified atom stereocenters. The highest BCUT2D eigenvalue weighted by atomic mass is 35.5. The van der Waals surface area contributed by atoms with Gasteiger partial charge in [0, 0.05) is 25.2 Å². The summed E-state index contributed by atoms with van der Waals surface area (Å²) in [6.45, 7) is 4.84. The molecule has 4 heteroatoms. The van der Waals surface area contributed by atoms with Crippen molar-refractivity contribution in [1.82, 2.24) is 5.32 Å². The van der Waals surface area contributed by atoms with Gasteiger partial charge in [0.25, 0.3) is 0 Å². The Bertz CT molecular complexity index is 349. The molecular weight excluding hydrogens is 278 g/mol. The number of hydrogen-bond acceptors (Lipinski definition) is 3. The Morgan fingerprint density at radius 3 is 2.95 bits per heavy atom. The number of thioether (sulfide) groups is 1. The lowest BCUT2D eigenvalue weighted by Gasteiger charge is -2.18. The predicted octanol–water partition coefficient (Wildman–Crippen LogP) is 3.80. The highest BCUT2D eigenvalue weighted by Crippen LogP contribution is 2.23. The number of nitrogens with one attached hydrogen (secondary N) is 1. The van der Waals surface area contributed by atoms with E-state index in [1.165, 1.54) is 23.5 Å². The van der Waals surface area contributed by atoms with E-state index in [0.717, 1.165) is 24.7 Å². The summed E-state index contributed by atoms with van der Waals surface area (Å²) in [4.78, 5) is 0. The molecule has 0 spiro atoms. The summed E-state index contributed by atoms with van der Waals surface area (Å²) >= 11 is 8.08. The Hall–Kier alpha value is -0.220. The molecule has 0 saturated heterocycles. The van der Waals surface area contributed by atoms with Crippen LogP contribution in [-0.4, -0.2) is 38.3 Å². The van der Waals surface area contributed by atoms with Gasteiger partial charge in [-0.05, 0) is 41.5 Å². The number of ether oxygens (including phenoxy) is 1. The molecule has 1 rings (SSSR count). The predicted molar refractivity (Wildman–Crippen MR) is 86.6 cm³/mol. The smallest absolute Gasteiger partial charge is 0.0587 e. The summed E-state index contributed by atoms with van der Waals surface area (Å²) in [7, 11) is 1.73. The molecule has 0 radical (unpaired) electrons. The van der Waals surface area contributed by atoms with Crippen molar-refractivity contribution in [3.63, 3.8) is 0 Å². The number of hydrogen-bond donors (Lipinski definition) is 1. The Morgan fingerprint density at radius 1 is 1.42 bits per heavy atom. The van der Waals surface area contributed by atoms with Crippen molar-refractivity contribution in [2.24, 2.45) is 0 Å². The first-order chi connectivity index (χ1) is 9.27. The van der Waals surface area contributed by atoms with E-state index in [-0.39, 0.29) is 0 Å². The second kappa shape index (κ2) is 10.6. The van der Waals surface area contributed by atoms with Crippen LogP contribution in [0.1, 0.15) is 24.8 Å². The molecule has 0 aliphatic heterocycles. The highest BCUT2D eigenvalue weighted by Gasteiger charge is 2.11. The van der Waals surface area contributed by atoms with E-state index in [0.29, 0.717) is 5.92 Å². The van der Waals surface area contributed by atoms with Crippen LogP contribution in [0.5, 0.6) is 0 Å². The zero-order valence-electron chi connectivity index (χ0n) is 11.8. The summed E-state index contributed by atoms with van der Waals surface area (Å²) in [5.41, 5.74) is 1.33. The van der Waals surface area contributed by atoms with E-state index in [9.17, 15) is 0 Å². The molecule has 0 aliphatic carbocycles. The van der Waals surface area contributed by atoms with Crippen molar-refractivity contribution in [3.8, 4) is 0 Å². The van der Waals surface area contributed by atoms with Crippen LogP contribution in [0.15, 0.2) is 24.3 Å². The normalized spacial score (nSPS) is 12.6. The maximum Gasteiger partial charge on any atom is 0.0587 e. The Labute approximate surface area is 126 Å². The number of methoxy groups -OCH3 is 1. The van der Waals surface area contributed by atoms with E-state index >= 15 is 0 Å². The van der Waals surface area contributed by atoms with E-state index in [2.05, 4.69) is 24.4 Å². The van der Waals surface area contributed by atoms with Crippen molar-refractivity contribution in [2.45, 2.75) is 19.3 Å². The van der Waals surface area contributed by atoms with Crippen LogP contribution in [-0.2, 0) is 4.74 Å². The van der Waals surface area contributed by atoms with Crippen LogP contribution in [0.2, 0.25) is 5.02 Å². The van der Waals surface area contributed by atoms with Gasteiger partial charge in [-0.1, -0.05) is 30.7 Å². The lowest BCUT2D eigenvalue weighted by Crippen LogP contribution is -2.25. The second-order valence-corrected chi connectivity index (χ2v) is 6.26. The van der Waals surface area contributed by atoms with Crippen LogP contribution >= 0.6 is 23.4 Å². The van der Waals surface area contributed by atoms with E-state index in [1.807, 2.05) is 23.9 Å². The molecule has 0 saturated carbocycles. The van der Waals surface area contributed by atoms with E-state index < -0.39 is 0 Å². The molecule has 1 N–H and O–H groups in total. The molecule has 0 fully saturated rings. The van der Waals surface area contributed by atoms with Gasteiger partial charge in [0.15, 0.2) is 0 Å². The van der Waals surface area contributed by atoms with Gasteiger partial charge >= 0.3 is 0 Å². The Morgan fingerprint density at radius 2 is 2.26 bits per heavy atom. The fourth-order valence-corrected chi connectivity index (χ4v) is 2.91. The molecule has 2 nitrogen and oxygen atoms in total. The zero-order valence-corrected chi connectivity index (χ0v) is 13.4. The fraction of sp³-hybridized carbons (Fsp3) is 0.600. The SMILES string of the molecule is CCSCCC(CNCCOC)c1cccc(Cl)c1. The first kappa shape index (κ1) is 16.8. The largest absolute Gasteiger partial charge is 0.383 e. The molecule has 1 aromatic rings. The number of halogens is 1. The van der Waals surface area contributed by atoms with Crippen LogP contribution in [0.4, 0.5) is 0 Å². The minimum absolute atomic E-state index is 0.523. The van der Waals surface area contributed by atoms with Gasteiger partial charge < -0.3 is 10.1 Å². The molecule has 0 heterocycles. The van der Waals surface area contributed by atoms with E-state index in [4.69, 9.17) is 16.3 Å². The molecule has 1 aromatic carbocycles. The third-order valence-corrected chi connectivity index (χ3v) is 4.18. The molecule has 0 amide bonds. The third-order valence-electron chi connectivity index (χ3n) is 3.01. The lowest BCUT2D eigenvalue weighted by atomic mass is 9.96. The fourth-order valence-electron chi connectivity index (χ4n) is 1.97. The minimum Gasteiger partial charge on any atom is -0.383 e. The van der Waals surface area contributed by atoms with Crippen molar-refractivity contribution < 1.29 is 4.74 Å². The zero-order chi connectivity index (χ0) is 13.9. The van der Waals surface area contributed by atoms with Crippen LogP contribution in [0, 0.1) is 0 Å². The molecular formula is C15H24ClNOS. The van der Waals surface area contributed by atoms with Crippen molar-refractivity contribution >= 4 is 23.4 Å². The summed E-state index contributed by atoms with van der Waals surface area (Å²) < 4.78 is 5.06. The van der Waals surface area contributed by atoms with Gasteiger partial charge in [0.2, 0.25) is 0 Å². The van der Waals surface area contributed by atoms with Crippen molar-refractivity contribution in [2.75, 3.05) is 38.3 Å². The summed E-state index contributed by atoms with van der Waals surface area (Å²) in [6.07, 6.45) is 1.18. The van der Waals surface area contributed by atoms with Crippen LogP contribution in [0.3, 0.4) is 0 Å². The summed E-state index contributed by atoms with van der Waals surface area (Å²) in [6, 6.07) is 8.22. The molecule has 1 atom stereocenters. The molecule has 0 bridgehead atoms. The van der Waals surface area contributed by atoms with Gasteiger partial charge in [0.1, 0.15) is 0 Å². The van der Waals surface area contributed by atoms with Crippen LogP contribution in [0.25, 0.3) is 0 Å². The van der Waals surface area contributed by atoms with Crippen LogP contribution < -0.4 is 5.32 Å². The summed E-state index contributed by atoms with van der Waals surface area (Å²) in [5, 5.41) is 4.28. The van der Waals surface area contributed by atoms with Crippen molar-refractivity contribution in [1.29, 1.82) is 0 Å². The molecule has 19 heavy (non-hydrogen) atoms. The average Bonchev–Trinajstić information content (AvgIpc) is 2.41. The maximum atomic E-state index is 6.09. The van der Waals surface area contributed by atoms with Gasteiger partial charge in [-0.3, -0.25) is 0 Å². The first-order valence-electron chi connectivity index (χ1n) is 6.80. The van der Waals surface area contributed by atoms with Gasteiger partial charge in [-0.2, -0.15) is 11.8 Å². The van der Waals surface area contributed by atoms with Gasteiger partial charge in [0.05, 0.1) is 6.61 Å². The maximum absolute atomic E-state index is 6.09. The standard InChI is InChI=1S/C15H24ClNOS/c1-3-19-10-7-14(12-17-8-9-18-2)13-5-4-6-15(16)11-13/h4-6,11,14,17H,3,7-10,12H2,1-2H3. The summed E-state index contributed by atoms with van der Waals surface area (Å²) in [5.74, 6) is 2.90. The molecule has 0 aliphatic rings. The number of benzene rings is 1. The first-order valence-corrected chi connectivity index (χ1v) is 8.34. The lowest BCUT2D eigenvalue weighted by molar-refractivity contribution is 0.199. The second-order valence-electron chi connectivity index (χ2n) is 4.43. The quantitative estimate of drug-likeness (QED) is 0.664. The average molecular weight is 302 g/mol. The van der Waals surface area contributed by atoms with E-state index in [1.54, 1.807) is 7.11 Å². The highest BCUT2D eigenvalue weighted by molar-refractivity contribution is 7.99. The van der Waals surface area contributed by atoms with Gasteiger partial charge in [-0.15, -0.1) is 0 Å². The van der Waals surface area contributed by atoms with Gasteiger partial charge in [-0.25, -0.2) is 0 Å². The third kappa shape index (κ3) is 7.21. The topological polar surface area (TPSA) is 21.3 Å². The number of rotatable bonds is 10. The molecule has 108 valence electrons. The monoisotopic (exact) mass is 301 g/mol. The minimum atomic E-state index is 0.523. The van der Waals surface area contributed by atoms with Crippen molar-refractivity contribution in [3.05, 3.63) is 34.9 Å². The Balaban J connectivity index is 2.52. The molecule has 0 aromatic heterocycles. The Kier molecular flexibility index (Phi) is 9.35.